The third-order valence-corrected chi connectivity index (χ3v) is 0.500. The zero-order valence-electron chi connectivity index (χ0n) is 4.91. The summed E-state index contributed by atoms with van der Waals surface area (Å²) in [7, 11) is 0. The summed E-state index contributed by atoms with van der Waals surface area (Å²) in [6.45, 7) is 6.39. The second kappa shape index (κ2) is 9.35. The molecular weight excluding hydrogens is 85.0 g/mol. The molecule has 1 radical (unpaired) electrons. The van der Waals surface area contributed by atoms with Crippen LogP contribution in [-0.4, -0.2) is 42.6 Å². The van der Waals surface area contributed by atoms with E-state index in [9.17, 15) is 0 Å². The summed E-state index contributed by atoms with van der Waals surface area (Å²) in [4.78, 5) is 0. The minimum Gasteiger partial charge on any atom is -0.317 e. The molecular formula is C4H11NNa. The molecule has 0 saturated carbocycles. The van der Waals surface area contributed by atoms with Gasteiger partial charge in [-0.3, -0.25) is 0 Å². The molecule has 0 amide bonds. The third kappa shape index (κ3) is 8.88. The molecule has 0 atom stereocenters. The summed E-state index contributed by atoms with van der Waals surface area (Å²) in [6, 6.07) is 0. The summed E-state index contributed by atoms with van der Waals surface area (Å²) >= 11 is 0. The maximum Gasteiger partial charge on any atom is 0 e. The molecule has 0 aliphatic heterocycles. The van der Waals surface area contributed by atoms with Crippen molar-refractivity contribution in [3.05, 3.63) is 0 Å². The van der Waals surface area contributed by atoms with Gasteiger partial charge in [-0.2, -0.15) is 0 Å². The quantitative estimate of drug-likeness (QED) is 0.485. The number of hydrogen-bond donors (Lipinski definition) is 1. The maximum atomic E-state index is 3.11. The molecule has 0 spiro atoms. The molecule has 0 aliphatic rings. The smallest absolute Gasteiger partial charge is 0 e. The van der Waals surface area contributed by atoms with Gasteiger partial charge in [-0.05, 0) is 13.1 Å². The van der Waals surface area contributed by atoms with E-state index in [1.807, 2.05) is 0 Å². The van der Waals surface area contributed by atoms with E-state index < -0.39 is 0 Å². The molecule has 6 heavy (non-hydrogen) atoms. The van der Waals surface area contributed by atoms with Crippen LogP contribution < -0.4 is 5.32 Å². The van der Waals surface area contributed by atoms with Crippen molar-refractivity contribution in [3.8, 4) is 0 Å². The topological polar surface area (TPSA) is 12.0 Å². The average Bonchev–Trinajstić information content (AvgIpc) is 1.41. The van der Waals surface area contributed by atoms with Gasteiger partial charge in [0.1, 0.15) is 0 Å². The largest absolute Gasteiger partial charge is 0.317 e. The van der Waals surface area contributed by atoms with Crippen molar-refractivity contribution in [2.24, 2.45) is 0 Å². The van der Waals surface area contributed by atoms with Gasteiger partial charge in [0.25, 0.3) is 0 Å². The Bertz CT molecular complexity index is 15.0. The van der Waals surface area contributed by atoms with Crippen LogP contribution in [0, 0.1) is 0 Å². The first-order valence-electron chi connectivity index (χ1n) is 2.12. The van der Waals surface area contributed by atoms with E-state index in [-0.39, 0.29) is 29.6 Å². The Labute approximate surface area is 61.8 Å². The molecule has 0 saturated heterocycles. The van der Waals surface area contributed by atoms with Gasteiger partial charge in [0.15, 0.2) is 0 Å². The zero-order chi connectivity index (χ0) is 4.12. The van der Waals surface area contributed by atoms with Crippen molar-refractivity contribution in [2.75, 3.05) is 13.1 Å². The fourth-order valence-corrected chi connectivity index (χ4v) is 0.250. The summed E-state index contributed by atoms with van der Waals surface area (Å²) in [6.07, 6.45) is 0. The predicted molar refractivity (Wildman–Crippen MR) is 30.0 cm³/mol. The van der Waals surface area contributed by atoms with Gasteiger partial charge < -0.3 is 5.32 Å². The molecule has 0 aliphatic carbocycles. The van der Waals surface area contributed by atoms with E-state index in [4.69, 9.17) is 0 Å². The van der Waals surface area contributed by atoms with Crippen molar-refractivity contribution in [1.29, 1.82) is 0 Å². The molecule has 2 heteroatoms. The Morgan fingerprint density at radius 3 is 1.50 bits per heavy atom. The van der Waals surface area contributed by atoms with Gasteiger partial charge in [-0.25, -0.2) is 0 Å². The van der Waals surface area contributed by atoms with E-state index >= 15 is 0 Å². The molecule has 0 rings (SSSR count). The molecule has 0 aromatic carbocycles. The molecule has 0 fully saturated rings. The van der Waals surface area contributed by atoms with Crippen LogP contribution >= 0.6 is 0 Å². The summed E-state index contributed by atoms with van der Waals surface area (Å²) < 4.78 is 0. The first-order chi connectivity index (χ1) is 2.41. The monoisotopic (exact) mass is 96.1 g/mol. The Morgan fingerprint density at radius 1 is 1.17 bits per heavy atom. The van der Waals surface area contributed by atoms with Crippen LogP contribution in [-0.2, 0) is 0 Å². The fourth-order valence-electron chi connectivity index (χ4n) is 0.250. The van der Waals surface area contributed by atoms with Crippen molar-refractivity contribution in [1.82, 2.24) is 5.32 Å². The molecule has 0 aromatic rings. The van der Waals surface area contributed by atoms with E-state index in [0.717, 1.165) is 13.1 Å². The third-order valence-electron chi connectivity index (χ3n) is 0.500. The molecule has 0 unspecified atom stereocenters. The van der Waals surface area contributed by atoms with Gasteiger partial charge >= 0.3 is 0 Å². The van der Waals surface area contributed by atoms with Crippen LogP contribution in [0.25, 0.3) is 0 Å². The molecule has 0 heterocycles. The van der Waals surface area contributed by atoms with Crippen LogP contribution in [0.15, 0.2) is 0 Å². The number of nitrogens with one attached hydrogen (secondary N) is 1. The number of rotatable bonds is 2. The standard InChI is InChI=1S/C4H11N.Na/c1-3-5-4-2;/h5H,3-4H2,1-2H3;. The molecule has 0 aromatic heterocycles. The van der Waals surface area contributed by atoms with Gasteiger partial charge in [0.05, 0.1) is 0 Å². The van der Waals surface area contributed by atoms with Gasteiger partial charge in [0, 0.05) is 29.6 Å². The normalized spacial score (nSPS) is 7.00. The Morgan fingerprint density at radius 2 is 1.50 bits per heavy atom. The Hall–Kier alpha value is 0.960. The zero-order valence-corrected chi connectivity index (χ0v) is 6.91. The van der Waals surface area contributed by atoms with Crippen molar-refractivity contribution >= 4 is 29.6 Å². The first kappa shape index (κ1) is 10.0. The second-order valence-electron chi connectivity index (χ2n) is 0.957. The molecule has 33 valence electrons. The SMILES string of the molecule is CCNCC.[Na]. The summed E-state index contributed by atoms with van der Waals surface area (Å²) in [5.41, 5.74) is 0. The minimum atomic E-state index is 0. The minimum absolute atomic E-state index is 0. The molecule has 0 bridgehead atoms. The summed E-state index contributed by atoms with van der Waals surface area (Å²) in [5, 5.41) is 3.11. The van der Waals surface area contributed by atoms with Crippen LogP contribution in [0.1, 0.15) is 13.8 Å². The van der Waals surface area contributed by atoms with Crippen molar-refractivity contribution < 1.29 is 0 Å². The second-order valence-corrected chi connectivity index (χ2v) is 0.957. The Kier molecular flexibility index (Phi) is 15.7. The van der Waals surface area contributed by atoms with Crippen LogP contribution in [0.5, 0.6) is 0 Å². The van der Waals surface area contributed by atoms with Crippen molar-refractivity contribution in [2.45, 2.75) is 13.8 Å². The van der Waals surface area contributed by atoms with E-state index in [1.54, 1.807) is 0 Å². The van der Waals surface area contributed by atoms with E-state index in [2.05, 4.69) is 19.2 Å². The molecule has 1 nitrogen and oxygen atoms in total. The van der Waals surface area contributed by atoms with Gasteiger partial charge in [-0.1, -0.05) is 13.8 Å². The van der Waals surface area contributed by atoms with Gasteiger partial charge in [0.2, 0.25) is 0 Å². The average molecular weight is 96.1 g/mol. The predicted octanol–water partition coefficient (Wildman–Crippen LogP) is 0.235. The summed E-state index contributed by atoms with van der Waals surface area (Å²) in [5.74, 6) is 0. The fraction of sp³-hybridized carbons (Fsp3) is 1.00. The van der Waals surface area contributed by atoms with Crippen molar-refractivity contribution in [3.63, 3.8) is 0 Å². The number of hydrogen-bond acceptors (Lipinski definition) is 1. The maximum absolute atomic E-state index is 3.11. The Balaban J connectivity index is 0. The van der Waals surface area contributed by atoms with Crippen LogP contribution in [0.2, 0.25) is 0 Å². The van der Waals surface area contributed by atoms with Gasteiger partial charge in [-0.15, -0.1) is 0 Å². The first-order valence-corrected chi connectivity index (χ1v) is 2.12. The van der Waals surface area contributed by atoms with Crippen LogP contribution in [0.4, 0.5) is 0 Å². The van der Waals surface area contributed by atoms with Crippen LogP contribution in [0.3, 0.4) is 0 Å². The molecule has 1 N–H and O–H groups in total. The van der Waals surface area contributed by atoms with E-state index in [1.165, 1.54) is 0 Å². The van der Waals surface area contributed by atoms with E-state index in [0.29, 0.717) is 0 Å².